The van der Waals surface area contributed by atoms with Gasteiger partial charge in [-0.05, 0) is 80.3 Å². The number of hydrogen-bond donors (Lipinski definition) is 3. The van der Waals surface area contributed by atoms with Crippen LogP contribution in [0.1, 0.15) is 82.5 Å². The van der Waals surface area contributed by atoms with Crippen LogP contribution in [0.3, 0.4) is 0 Å². The number of aromatic hydroxyl groups is 1. The first kappa shape index (κ1) is 36.0. The van der Waals surface area contributed by atoms with E-state index in [-0.39, 0.29) is 18.1 Å². The van der Waals surface area contributed by atoms with Crippen molar-refractivity contribution in [1.29, 1.82) is 0 Å². The van der Waals surface area contributed by atoms with Crippen LogP contribution >= 0.6 is 0 Å². The van der Waals surface area contributed by atoms with Gasteiger partial charge in [0.2, 0.25) is 5.91 Å². The Morgan fingerprint density at radius 3 is 2.23 bits per heavy atom. The summed E-state index contributed by atoms with van der Waals surface area (Å²) < 4.78 is 5.56. The minimum Gasteiger partial charge on any atom is -0.508 e. The molecule has 3 N–H and O–H groups in total. The zero-order valence-electron chi connectivity index (χ0n) is 28.8. The minimum absolute atomic E-state index is 0.0975. The monoisotopic (exact) mass is 651 g/mol. The summed E-state index contributed by atoms with van der Waals surface area (Å²) in [5.41, 5.74) is 2.21. The Kier molecular flexibility index (Phi) is 12.6. The lowest BCUT2D eigenvalue weighted by Gasteiger charge is -2.35. The van der Waals surface area contributed by atoms with Crippen molar-refractivity contribution in [2.75, 3.05) is 11.9 Å². The Hall–Kier alpha value is -4.85. The first-order valence-electron chi connectivity index (χ1n) is 16.9. The topological polar surface area (TPSA) is 108 Å². The van der Waals surface area contributed by atoms with Crippen LogP contribution in [-0.4, -0.2) is 46.1 Å². The molecule has 2 unspecified atom stereocenters. The van der Waals surface area contributed by atoms with E-state index in [4.69, 9.17) is 4.74 Å². The van der Waals surface area contributed by atoms with E-state index in [1.54, 1.807) is 49.9 Å². The fourth-order valence-corrected chi connectivity index (χ4v) is 5.76. The van der Waals surface area contributed by atoms with E-state index in [9.17, 15) is 19.5 Å². The maximum Gasteiger partial charge on any atom is 0.408 e. The van der Waals surface area contributed by atoms with Gasteiger partial charge in [0.05, 0.1) is 0 Å². The summed E-state index contributed by atoms with van der Waals surface area (Å²) >= 11 is 0. The average molecular weight is 652 g/mol. The van der Waals surface area contributed by atoms with E-state index in [1.165, 1.54) is 0 Å². The van der Waals surface area contributed by atoms with Gasteiger partial charge in [-0.3, -0.25) is 9.59 Å². The summed E-state index contributed by atoms with van der Waals surface area (Å²) in [6.45, 7) is 9.70. The molecule has 48 heavy (non-hydrogen) atoms. The molecule has 4 aromatic carbocycles. The first-order chi connectivity index (χ1) is 22.9. The van der Waals surface area contributed by atoms with Gasteiger partial charge in [-0.1, -0.05) is 105 Å². The predicted molar refractivity (Wildman–Crippen MR) is 192 cm³/mol. The van der Waals surface area contributed by atoms with Crippen molar-refractivity contribution < 1.29 is 24.2 Å². The van der Waals surface area contributed by atoms with E-state index in [0.717, 1.165) is 47.6 Å². The van der Waals surface area contributed by atoms with Crippen LogP contribution in [0.2, 0.25) is 0 Å². The molecule has 0 saturated carbocycles. The lowest BCUT2D eigenvalue weighted by molar-refractivity contribution is -0.140. The van der Waals surface area contributed by atoms with Gasteiger partial charge >= 0.3 is 6.09 Å². The summed E-state index contributed by atoms with van der Waals surface area (Å²) in [4.78, 5) is 43.9. The van der Waals surface area contributed by atoms with Crippen LogP contribution in [0.5, 0.6) is 5.75 Å². The standard InChI is InChI=1S/C40H49N3O5/c1-6-7-8-9-12-24-43(38(46)35(42-39(47)48-40(3,4)5)26-29-18-22-34(44)23-19-29)36(32-17-13-14-28(2)25-32)37(45)41-33-21-20-30-15-10-11-16-31(30)27-33/h10-11,13-23,25,27,35-36,44H,6-9,12,24,26H2,1-5H3,(H,41,45)(H,42,47). The fourth-order valence-electron chi connectivity index (χ4n) is 5.76. The molecule has 4 rings (SSSR count). The molecule has 0 heterocycles. The number of unbranched alkanes of at least 4 members (excludes halogenated alkanes) is 4. The highest BCUT2D eigenvalue weighted by molar-refractivity contribution is 6.00. The van der Waals surface area contributed by atoms with Crippen molar-refractivity contribution in [2.45, 2.75) is 90.8 Å². The quantitative estimate of drug-likeness (QED) is 0.119. The number of aryl methyl sites for hydroxylation is 1. The number of alkyl carbamates (subject to hydrolysis) is 1. The third kappa shape index (κ3) is 10.6. The zero-order chi connectivity index (χ0) is 34.7. The lowest BCUT2D eigenvalue weighted by Crippen LogP contribution is -2.53. The van der Waals surface area contributed by atoms with Crippen molar-refractivity contribution in [1.82, 2.24) is 10.2 Å². The average Bonchev–Trinajstić information content (AvgIpc) is 3.03. The molecule has 0 fully saturated rings. The summed E-state index contributed by atoms with van der Waals surface area (Å²) in [5.74, 6) is -0.650. The van der Waals surface area contributed by atoms with E-state index >= 15 is 0 Å². The zero-order valence-corrected chi connectivity index (χ0v) is 28.8. The molecular weight excluding hydrogens is 602 g/mol. The number of carbonyl (C=O) groups excluding carboxylic acids is 3. The third-order valence-corrected chi connectivity index (χ3v) is 8.09. The van der Waals surface area contributed by atoms with Crippen molar-refractivity contribution in [2.24, 2.45) is 0 Å². The minimum atomic E-state index is -1.04. The number of amides is 3. The number of phenols is 1. The Morgan fingerprint density at radius 2 is 1.54 bits per heavy atom. The van der Waals surface area contributed by atoms with Gasteiger partial charge in [-0.15, -0.1) is 0 Å². The molecule has 0 spiro atoms. The fraction of sp³-hybridized carbons (Fsp3) is 0.375. The lowest BCUT2D eigenvalue weighted by atomic mass is 9.98. The normalized spacial score (nSPS) is 12.6. The summed E-state index contributed by atoms with van der Waals surface area (Å²) in [5, 5.41) is 17.8. The van der Waals surface area contributed by atoms with Crippen LogP contribution in [0.15, 0.2) is 91.0 Å². The molecule has 0 aromatic heterocycles. The van der Waals surface area contributed by atoms with Gasteiger partial charge in [-0.2, -0.15) is 0 Å². The molecule has 0 aliphatic rings. The van der Waals surface area contributed by atoms with Crippen LogP contribution in [-0.2, 0) is 20.7 Å². The van der Waals surface area contributed by atoms with Gasteiger partial charge in [0.1, 0.15) is 23.4 Å². The largest absolute Gasteiger partial charge is 0.508 e. The molecule has 0 bridgehead atoms. The second kappa shape index (κ2) is 16.8. The van der Waals surface area contributed by atoms with Gasteiger partial charge in [0.15, 0.2) is 0 Å². The second-order valence-corrected chi connectivity index (χ2v) is 13.4. The number of ether oxygens (including phenoxy) is 1. The SMILES string of the molecule is CCCCCCCN(C(=O)C(Cc1ccc(O)cc1)NC(=O)OC(C)(C)C)C(C(=O)Nc1ccc2ccccc2c1)c1cccc(C)c1. The smallest absolute Gasteiger partial charge is 0.408 e. The molecule has 0 aliphatic heterocycles. The van der Waals surface area contributed by atoms with E-state index in [2.05, 4.69) is 17.6 Å². The van der Waals surface area contributed by atoms with Gasteiger partial charge in [0, 0.05) is 18.7 Å². The van der Waals surface area contributed by atoms with Crippen LogP contribution < -0.4 is 10.6 Å². The number of carbonyl (C=O) groups is 3. The molecule has 8 nitrogen and oxygen atoms in total. The maximum absolute atomic E-state index is 14.8. The molecular formula is C40H49N3O5. The molecule has 254 valence electrons. The predicted octanol–water partition coefficient (Wildman–Crippen LogP) is 8.47. The van der Waals surface area contributed by atoms with Crippen LogP contribution in [0.4, 0.5) is 10.5 Å². The highest BCUT2D eigenvalue weighted by Gasteiger charge is 2.36. The number of fused-ring (bicyclic) bond motifs is 1. The van der Waals surface area contributed by atoms with Gasteiger partial charge in [0.25, 0.3) is 5.91 Å². The van der Waals surface area contributed by atoms with Gasteiger partial charge in [-0.25, -0.2) is 4.79 Å². The van der Waals surface area contributed by atoms with Crippen LogP contribution in [0, 0.1) is 6.92 Å². The Balaban J connectivity index is 1.75. The third-order valence-electron chi connectivity index (χ3n) is 8.09. The highest BCUT2D eigenvalue weighted by Crippen LogP contribution is 2.28. The highest BCUT2D eigenvalue weighted by atomic mass is 16.6. The van der Waals surface area contributed by atoms with E-state index in [1.807, 2.05) is 73.7 Å². The molecule has 0 aliphatic carbocycles. The summed E-state index contributed by atoms with van der Waals surface area (Å²) in [6.07, 6.45) is 4.18. The number of anilines is 1. The maximum atomic E-state index is 14.8. The van der Waals surface area contributed by atoms with Gasteiger partial charge < -0.3 is 25.4 Å². The second-order valence-electron chi connectivity index (χ2n) is 13.4. The molecule has 3 amide bonds. The Morgan fingerprint density at radius 1 is 0.833 bits per heavy atom. The number of hydrogen-bond acceptors (Lipinski definition) is 5. The molecule has 0 radical (unpaired) electrons. The molecule has 4 aromatic rings. The van der Waals surface area contributed by atoms with Crippen molar-refractivity contribution in [3.8, 4) is 5.75 Å². The summed E-state index contributed by atoms with van der Waals surface area (Å²) in [6, 6.07) is 25.8. The van der Waals surface area contributed by atoms with Crippen molar-refractivity contribution >= 4 is 34.4 Å². The van der Waals surface area contributed by atoms with Crippen LogP contribution in [0.25, 0.3) is 10.8 Å². The van der Waals surface area contributed by atoms with E-state index in [0.29, 0.717) is 24.2 Å². The Labute approximate surface area is 284 Å². The molecule has 0 saturated heterocycles. The van der Waals surface area contributed by atoms with E-state index < -0.39 is 29.7 Å². The summed E-state index contributed by atoms with van der Waals surface area (Å²) in [7, 11) is 0. The number of nitrogens with one attached hydrogen (secondary N) is 2. The van der Waals surface area contributed by atoms with Crippen molar-refractivity contribution in [3.05, 3.63) is 108 Å². The first-order valence-corrected chi connectivity index (χ1v) is 16.9. The van der Waals surface area contributed by atoms with Crippen molar-refractivity contribution in [3.63, 3.8) is 0 Å². The Bertz CT molecular complexity index is 1680. The molecule has 8 heteroatoms. The number of rotatable bonds is 14. The number of nitrogens with zero attached hydrogens (tertiary/aromatic N) is 1. The molecule has 2 atom stereocenters. The number of benzene rings is 4. The number of phenolic OH excluding ortho intramolecular Hbond substituents is 1.